The minimum Gasteiger partial charge on any atom is -0.365 e. The Balaban J connectivity index is 2.05. The molecule has 1 aliphatic heterocycles. The molecule has 27 heavy (non-hydrogen) atoms. The number of amides is 2. The Morgan fingerprint density at radius 3 is 2.52 bits per heavy atom. The van der Waals surface area contributed by atoms with Crippen molar-refractivity contribution >= 4 is 56.8 Å². The lowest BCUT2D eigenvalue weighted by molar-refractivity contribution is -0.117. The quantitative estimate of drug-likeness (QED) is 0.549. The summed E-state index contributed by atoms with van der Waals surface area (Å²) in [5.74, 6) is -1.10. The molecule has 8 heteroatoms. The molecule has 2 aromatic carbocycles. The van der Waals surface area contributed by atoms with Gasteiger partial charge in [0.25, 0.3) is 5.91 Å². The first kappa shape index (κ1) is 19.5. The van der Waals surface area contributed by atoms with Crippen LogP contribution in [0.15, 0.2) is 63.6 Å². The third kappa shape index (κ3) is 4.03. The van der Waals surface area contributed by atoms with Crippen molar-refractivity contribution in [2.45, 2.75) is 11.7 Å². The van der Waals surface area contributed by atoms with Crippen LogP contribution in [-0.4, -0.2) is 17.1 Å². The second-order valence-corrected chi connectivity index (χ2v) is 8.22. The van der Waals surface area contributed by atoms with Gasteiger partial charge in [-0.25, -0.2) is 0 Å². The van der Waals surface area contributed by atoms with Crippen LogP contribution in [0.3, 0.4) is 0 Å². The van der Waals surface area contributed by atoms with Crippen LogP contribution in [0.25, 0.3) is 0 Å². The molecule has 0 aromatic heterocycles. The summed E-state index contributed by atoms with van der Waals surface area (Å²) in [4.78, 5) is 26.2. The number of halogens is 2. The fourth-order valence-electron chi connectivity index (χ4n) is 2.69. The van der Waals surface area contributed by atoms with Gasteiger partial charge in [-0.05, 0) is 42.3 Å². The van der Waals surface area contributed by atoms with Crippen molar-refractivity contribution in [2.24, 2.45) is 5.73 Å². The third-order valence-electron chi connectivity index (χ3n) is 3.97. The number of primary amides is 1. The number of anilines is 1. The minimum atomic E-state index is -0.867. The van der Waals surface area contributed by atoms with E-state index in [2.05, 4.69) is 15.9 Å². The van der Waals surface area contributed by atoms with Crippen molar-refractivity contribution in [3.05, 3.63) is 74.2 Å². The second kappa shape index (κ2) is 8.17. The van der Waals surface area contributed by atoms with Crippen LogP contribution in [-0.2, 0) is 16.0 Å². The van der Waals surface area contributed by atoms with Gasteiger partial charge >= 0.3 is 0 Å². The third-order valence-corrected chi connectivity index (χ3v) is 6.13. The molecule has 2 aromatic rings. The Bertz CT molecular complexity index is 985. The summed E-state index contributed by atoms with van der Waals surface area (Å²) in [6, 6.07) is 16.1. The van der Waals surface area contributed by atoms with Gasteiger partial charge in [0.1, 0.15) is 16.7 Å². The SMILES string of the molecule is N#CC(C(N)=O)=C1SC(Cc2ccccc2Cl)C(=O)N1c1ccc(Br)cc1. The zero-order valence-corrected chi connectivity index (χ0v) is 17.0. The molecule has 5 nitrogen and oxygen atoms in total. The fraction of sp³-hybridized carbons (Fsp3) is 0.105. The summed E-state index contributed by atoms with van der Waals surface area (Å²) in [5.41, 5.74) is 6.50. The van der Waals surface area contributed by atoms with Gasteiger partial charge in [0.15, 0.2) is 0 Å². The van der Waals surface area contributed by atoms with Gasteiger partial charge in [0, 0.05) is 15.2 Å². The molecule has 1 atom stereocenters. The summed E-state index contributed by atoms with van der Waals surface area (Å²) >= 11 is 10.7. The highest BCUT2D eigenvalue weighted by Gasteiger charge is 2.40. The standard InChI is InChI=1S/C19H13BrClN3O2S/c20-12-5-7-13(8-6-12)24-18(26)16(9-11-3-1-2-4-15(11)21)27-19(24)14(10-22)17(23)25/h1-8,16H,9H2,(H2,23,25). The normalized spacial score (nSPS) is 18.3. The van der Waals surface area contributed by atoms with E-state index in [9.17, 15) is 14.9 Å². The molecule has 0 saturated carbocycles. The van der Waals surface area contributed by atoms with E-state index in [1.807, 2.05) is 24.3 Å². The molecule has 0 aliphatic carbocycles. The Labute approximate surface area is 173 Å². The van der Waals surface area contributed by atoms with Crippen LogP contribution < -0.4 is 10.6 Å². The molecule has 1 unspecified atom stereocenters. The fourth-order valence-corrected chi connectivity index (χ4v) is 4.47. The monoisotopic (exact) mass is 461 g/mol. The average molecular weight is 463 g/mol. The van der Waals surface area contributed by atoms with E-state index in [0.717, 1.165) is 21.8 Å². The number of hydrogen-bond donors (Lipinski definition) is 1. The molecular formula is C19H13BrClN3O2S. The average Bonchev–Trinajstić information content (AvgIpc) is 2.94. The predicted molar refractivity (Wildman–Crippen MR) is 110 cm³/mol. The zero-order valence-electron chi connectivity index (χ0n) is 13.9. The lowest BCUT2D eigenvalue weighted by Crippen LogP contribution is -2.31. The van der Waals surface area contributed by atoms with Crippen LogP contribution in [0.4, 0.5) is 5.69 Å². The largest absolute Gasteiger partial charge is 0.365 e. The first-order valence-corrected chi connectivity index (χ1v) is 9.91. The van der Waals surface area contributed by atoms with Crippen LogP contribution in [0, 0.1) is 11.3 Å². The van der Waals surface area contributed by atoms with Crippen LogP contribution >= 0.6 is 39.3 Å². The van der Waals surface area contributed by atoms with Crippen molar-refractivity contribution < 1.29 is 9.59 Å². The summed E-state index contributed by atoms with van der Waals surface area (Å²) in [6.07, 6.45) is 0.372. The Hall–Kier alpha value is -2.27. The van der Waals surface area contributed by atoms with Crippen molar-refractivity contribution in [3.63, 3.8) is 0 Å². The van der Waals surface area contributed by atoms with Gasteiger partial charge in [0.05, 0.1) is 5.25 Å². The second-order valence-electron chi connectivity index (χ2n) is 5.71. The number of nitrogens with zero attached hydrogens (tertiary/aromatic N) is 2. The Kier molecular flexibility index (Phi) is 5.90. The van der Waals surface area contributed by atoms with Crippen LogP contribution in [0.5, 0.6) is 0 Å². The Morgan fingerprint density at radius 1 is 1.26 bits per heavy atom. The number of thioether (sulfide) groups is 1. The number of benzene rings is 2. The lowest BCUT2D eigenvalue weighted by atomic mass is 10.1. The number of nitriles is 1. The molecule has 2 amide bonds. The van der Waals surface area contributed by atoms with Gasteiger partial charge in [0.2, 0.25) is 5.91 Å². The van der Waals surface area contributed by atoms with Gasteiger partial charge in [-0.2, -0.15) is 5.26 Å². The lowest BCUT2D eigenvalue weighted by Gasteiger charge is -2.18. The molecule has 0 radical (unpaired) electrons. The van der Waals surface area contributed by atoms with Crippen molar-refractivity contribution in [1.82, 2.24) is 0 Å². The number of rotatable bonds is 4. The van der Waals surface area contributed by atoms with Gasteiger partial charge in [-0.15, -0.1) is 0 Å². The molecule has 2 N–H and O–H groups in total. The maximum Gasteiger partial charge on any atom is 0.262 e. The first-order chi connectivity index (χ1) is 12.9. The molecular weight excluding hydrogens is 450 g/mol. The highest BCUT2D eigenvalue weighted by Crippen LogP contribution is 2.42. The van der Waals surface area contributed by atoms with Crippen molar-refractivity contribution in [3.8, 4) is 6.07 Å². The molecule has 0 bridgehead atoms. The van der Waals surface area contributed by atoms with E-state index < -0.39 is 11.2 Å². The topological polar surface area (TPSA) is 87.2 Å². The number of nitrogens with two attached hydrogens (primary N) is 1. The summed E-state index contributed by atoms with van der Waals surface area (Å²) in [6.45, 7) is 0. The molecule has 1 saturated heterocycles. The van der Waals surface area contributed by atoms with E-state index >= 15 is 0 Å². The first-order valence-electron chi connectivity index (χ1n) is 7.86. The molecule has 3 rings (SSSR count). The van der Waals surface area contributed by atoms with E-state index in [1.54, 1.807) is 30.3 Å². The maximum absolute atomic E-state index is 13.1. The smallest absolute Gasteiger partial charge is 0.262 e. The predicted octanol–water partition coefficient (Wildman–Crippen LogP) is 4.01. The highest BCUT2D eigenvalue weighted by molar-refractivity contribution is 9.10. The minimum absolute atomic E-state index is 0.230. The maximum atomic E-state index is 13.1. The van der Waals surface area contributed by atoms with E-state index in [-0.39, 0.29) is 16.5 Å². The van der Waals surface area contributed by atoms with Crippen LogP contribution in [0.1, 0.15) is 5.56 Å². The summed E-state index contributed by atoms with van der Waals surface area (Å²) in [5, 5.41) is 9.67. The van der Waals surface area contributed by atoms with E-state index in [0.29, 0.717) is 17.1 Å². The highest BCUT2D eigenvalue weighted by atomic mass is 79.9. The number of hydrogen-bond acceptors (Lipinski definition) is 4. The van der Waals surface area contributed by atoms with Gasteiger partial charge < -0.3 is 5.73 Å². The number of carbonyl (C=O) groups excluding carboxylic acids is 2. The Morgan fingerprint density at radius 2 is 1.93 bits per heavy atom. The summed E-state index contributed by atoms with van der Waals surface area (Å²) in [7, 11) is 0. The molecule has 1 fully saturated rings. The molecule has 1 aliphatic rings. The van der Waals surface area contributed by atoms with Gasteiger partial charge in [-0.3, -0.25) is 14.5 Å². The van der Waals surface area contributed by atoms with E-state index in [4.69, 9.17) is 17.3 Å². The summed E-state index contributed by atoms with van der Waals surface area (Å²) < 4.78 is 0.846. The van der Waals surface area contributed by atoms with Gasteiger partial charge in [-0.1, -0.05) is 57.5 Å². The zero-order chi connectivity index (χ0) is 19.6. The van der Waals surface area contributed by atoms with E-state index in [1.165, 1.54) is 4.90 Å². The molecule has 0 spiro atoms. The number of carbonyl (C=O) groups is 2. The van der Waals surface area contributed by atoms with Crippen molar-refractivity contribution in [2.75, 3.05) is 4.90 Å². The molecule has 136 valence electrons. The van der Waals surface area contributed by atoms with Crippen LogP contribution in [0.2, 0.25) is 5.02 Å². The van der Waals surface area contributed by atoms with Crippen molar-refractivity contribution in [1.29, 1.82) is 5.26 Å². The molecule has 1 heterocycles.